The van der Waals surface area contributed by atoms with Crippen LogP contribution in [-0.2, 0) is 24.2 Å². The molecule has 1 fully saturated rings. The average Bonchev–Trinajstić information content (AvgIpc) is 2.93. The fraction of sp³-hybridized carbons (Fsp3) is 0.529. The van der Waals surface area contributed by atoms with Gasteiger partial charge >= 0.3 is 0 Å². The van der Waals surface area contributed by atoms with Crippen LogP contribution >= 0.6 is 0 Å². The van der Waals surface area contributed by atoms with E-state index in [2.05, 4.69) is 33.0 Å². The smallest absolute Gasteiger partial charge is 0.146 e. The number of benzene rings is 1. The van der Waals surface area contributed by atoms with Gasteiger partial charge < -0.3 is 25.0 Å². The summed E-state index contributed by atoms with van der Waals surface area (Å²) in [5, 5.41) is 25.1. The van der Waals surface area contributed by atoms with Gasteiger partial charge in [-0.15, -0.1) is 10.2 Å². The van der Waals surface area contributed by atoms with E-state index in [1.165, 1.54) is 5.56 Å². The van der Waals surface area contributed by atoms with Crippen molar-refractivity contribution in [3.8, 4) is 0 Å². The second-order valence-electron chi connectivity index (χ2n) is 6.23. The summed E-state index contributed by atoms with van der Waals surface area (Å²) >= 11 is 0. The first-order valence-corrected chi connectivity index (χ1v) is 8.37. The van der Waals surface area contributed by atoms with Gasteiger partial charge in [-0.3, -0.25) is 0 Å². The highest BCUT2D eigenvalue weighted by Gasteiger charge is 2.28. The minimum Gasteiger partial charge on any atom is -0.385 e. The Balaban J connectivity index is 1.48. The summed E-state index contributed by atoms with van der Waals surface area (Å²) < 4.78 is 7.47. The molecule has 1 aromatic carbocycles. The van der Waals surface area contributed by atoms with E-state index in [1.54, 1.807) is 6.33 Å². The van der Waals surface area contributed by atoms with E-state index >= 15 is 0 Å². The highest BCUT2D eigenvalue weighted by Crippen LogP contribution is 2.07. The molecule has 24 heavy (non-hydrogen) atoms. The largest absolute Gasteiger partial charge is 0.385 e. The molecule has 0 amide bonds. The standard InChI is InChI=1S/C17H25N5O2/c23-17(11-18-7-9-24-13-17)12-19-10-16-21-20-14-22(16)8-6-15-4-2-1-3-5-15/h1-5,14,18-19,23H,6-13H2/t17-/m1/s1. The molecule has 3 rings (SSSR count). The topological polar surface area (TPSA) is 84.2 Å². The lowest BCUT2D eigenvalue weighted by molar-refractivity contribution is -0.0265. The van der Waals surface area contributed by atoms with Crippen LogP contribution in [0.15, 0.2) is 36.7 Å². The number of aryl methyl sites for hydroxylation is 2. The summed E-state index contributed by atoms with van der Waals surface area (Å²) in [5.41, 5.74) is 0.409. The summed E-state index contributed by atoms with van der Waals surface area (Å²) in [7, 11) is 0. The van der Waals surface area contributed by atoms with E-state index in [4.69, 9.17) is 4.74 Å². The summed E-state index contributed by atoms with van der Waals surface area (Å²) in [5.74, 6) is 0.872. The minimum atomic E-state index is -0.884. The molecular weight excluding hydrogens is 306 g/mol. The number of ether oxygens (including phenoxy) is 1. The number of hydrogen-bond acceptors (Lipinski definition) is 6. The molecule has 130 valence electrons. The van der Waals surface area contributed by atoms with Crippen LogP contribution in [0.5, 0.6) is 0 Å². The average molecular weight is 331 g/mol. The molecule has 7 heteroatoms. The van der Waals surface area contributed by atoms with E-state index in [-0.39, 0.29) is 0 Å². The van der Waals surface area contributed by atoms with Gasteiger partial charge in [0.1, 0.15) is 17.8 Å². The van der Waals surface area contributed by atoms with Crippen LogP contribution in [0.1, 0.15) is 11.4 Å². The molecular formula is C17H25N5O2. The predicted molar refractivity (Wildman–Crippen MR) is 90.5 cm³/mol. The van der Waals surface area contributed by atoms with E-state index in [9.17, 15) is 5.11 Å². The van der Waals surface area contributed by atoms with Crippen molar-refractivity contribution in [1.82, 2.24) is 25.4 Å². The molecule has 0 saturated carbocycles. The molecule has 1 aromatic heterocycles. The molecule has 0 spiro atoms. The van der Waals surface area contributed by atoms with Crippen molar-refractivity contribution >= 4 is 0 Å². The monoisotopic (exact) mass is 331 g/mol. The summed E-state index contributed by atoms with van der Waals surface area (Å²) in [6, 6.07) is 10.4. The van der Waals surface area contributed by atoms with Crippen molar-refractivity contribution in [2.75, 3.05) is 32.8 Å². The summed E-state index contributed by atoms with van der Waals surface area (Å²) in [6.45, 7) is 4.13. The zero-order chi connectivity index (χ0) is 16.7. The minimum absolute atomic E-state index is 0.341. The van der Waals surface area contributed by atoms with Crippen molar-refractivity contribution in [3.05, 3.63) is 48.0 Å². The quantitative estimate of drug-likeness (QED) is 0.660. The number of hydrogen-bond donors (Lipinski definition) is 3. The van der Waals surface area contributed by atoms with Crippen LogP contribution in [-0.4, -0.2) is 58.3 Å². The summed E-state index contributed by atoms with van der Waals surface area (Å²) in [6.07, 6.45) is 2.69. The fourth-order valence-electron chi connectivity index (χ4n) is 2.80. The van der Waals surface area contributed by atoms with Gasteiger partial charge in [-0.25, -0.2) is 0 Å². The van der Waals surface area contributed by atoms with Crippen LogP contribution in [0.25, 0.3) is 0 Å². The van der Waals surface area contributed by atoms with Crippen LogP contribution in [0.3, 0.4) is 0 Å². The Morgan fingerprint density at radius 1 is 1.33 bits per heavy atom. The van der Waals surface area contributed by atoms with Gasteiger partial charge in [0.25, 0.3) is 0 Å². The zero-order valence-corrected chi connectivity index (χ0v) is 13.8. The van der Waals surface area contributed by atoms with E-state index in [0.29, 0.717) is 32.8 Å². The first-order chi connectivity index (χ1) is 11.8. The second-order valence-corrected chi connectivity index (χ2v) is 6.23. The lowest BCUT2D eigenvalue weighted by Crippen LogP contribution is -2.50. The lowest BCUT2D eigenvalue weighted by Gasteiger charge is -2.26. The predicted octanol–water partition coefficient (Wildman–Crippen LogP) is -0.0387. The van der Waals surface area contributed by atoms with Gasteiger partial charge in [0.15, 0.2) is 0 Å². The molecule has 7 nitrogen and oxygen atoms in total. The second kappa shape index (κ2) is 8.34. The molecule has 0 bridgehead atoms. The first-order valence-electron chi connectivity index (χ1n) is 8.37. The maximum absolute atomic E-state index is 10.5. The van der Waals surface area contributed by atoms with Crippen molar-refractivity contribution in [2.45, 2.75) is 25.1 Å². The number of aromatic nitrogens is 3. The maximum atomic E-state index is 10.5. The molecule has 2 aromatic rings. The molecule has 1 atom stereocenters. The van der Waals surface area contributed by atoms with E-state index in [1.807, 2.05) is 22.8 Å². The SMILES string of the molecule is O[C@@]1(CNCc2nncn2CCc2ccccc2)CNCCOC1. The highest BCUT2D eigenvalue weighted by molar-refractivity contribution is 5.14. The van der Waals surface area contributed by atoms with Gasteiger partial charge in [0.05, 0.1) is 19.8 Å². The number of nitrogens with zero attached hydrogens (tertiary/aromatic N) is 3. The maximum Gasteiger partial charge on any atom is 0.146 e. The van der Waals surface area contributed by atoms with E-state index in [0.717, 1.165) is 25.3 Å². The number of nitrogens with one attached hydrogen (secondary N) is 2. The van der Waals surface area contributed by atoms with E-state index < -0.39 is 5.60 Å². The Morgan fingerprint density at radius 3 is 3.08 bits per heavy atom. The number of aliphatic hydroxyl groups is 1. The molecule has 3 N–H and O–H groups in total. The van der Waals surface area contributed by atoms with Crippen molar-refractivity contribution in [3.63, 3.8) is 0 Å². The Labute approximate surface area is 142 Å². The highest BCUT2D eigenvalue weighted by atomic mass is 16.5. The fourth-order valence-corrected chi connectivity index (χ4v) is 2.80. The van der Waals surface area contributed by atoms with Gasteiger partial charge in [-0.1, -0.05) is 30.3 Å². The molecule has 1 aliphatic rings. The molecule has 0 unspecified atom stereocenters. The number of rotatable bonds is 7. The lowest BCUT2D eigenvalue weighted by atomic mass is 10.1. The van der Waals surface area contributed by atoms with Crippen molar-refractivity contribution < 1.29 is 9.84 Å². The Hall–Kier alpha value is -1.80. The van der Waals surface area contributed by atoms with Crippen molar-refractivity contribution in [1.29, 1.82) is 0 Å². The number of β-amino-alcohol motifs (C(OH)–C–C–N with tert-alkyl or cyclic N) is 1. The normalized spacial score (nSPS) is 21.5. The van der Waals surface area contributed by atoms with Crippen LogP contribution in [0.2, 0.25) is 0 Å². The third-order valence-corrected chi connectivity index (χ3v) is 4.17. The van der Waals surface area contributed by atoms with Gasteiger partial charge in [-0.05, 0) is 12.0 Å². The third-order valence-electron chi connectivity index (χ3n) is 4.17. The van der Waals surface area contributed by atoms with Crippen LogP contribution < -0.4 is 10.6 Å². The molecule has 1 aliphatic heterocycles. The summed E-state index contributed by atoms with van der Waals surface area (Å²) in [4.78, 5) is 0. The molecule has 0 radical (unpaired) electrons. The Morgan fingerprint density at radius 2 is 2.21 bits per heavy atom. The first kappa shape index (κ1) is 17.0. The van der Waals surface area contributed by atoms with Crippen LogP contribution in [0.4, 0.5) is 0 Å². The molecule has 2 heterocycles. The molecule has 1 saturated heterocycles. The molecule has 0 aliphatic carbocycles. The Bertz CT molecular complexity index is 608. The van der Waals surface area contributed by atoms with Gasteiger partial charge in [0, 0.05) is 26.2 Å². The third kappa shape index (κ3) is 4.85. The zero-order valence-electron chi connectivity index (χ0n) is 13.8. The van der Waals surface area contributed by atoms with Gasteiger partial charge in [-0.2, -0.15) is 0 Å². The van der Waals surface area contributed by atoms with Crippen LogP contribution in [0, 0.1) is 0 Å². The Kier molecular flexibility index (Phi) is 5.92. The van der Waals surface area contributed by atoms with Crippen molar-refractivity contribution in [2.24, 2.45) is 0 Å². The van der Waals surface area contributed by atoms with Gasteiger partial charge in [0.2, 0.25) is 0 Å².